The highest BCUT2D eigenvalue weighted by molar-refractivity contribution is 6.29. The Morgan fingerprint density at radius 2 is 2.06 bits per heavy atom. The maximum atomic E-state index is 8.58. The van der Waals surface area contributed by atoms with Gasteiger partial charge in [0.05, 0.1) is 12.4 Å². The highest BCUT2D eigenvalue weighted by atomic mass is 35.5. The summed E-state index contributed by atoms with van der Waals surface area (Å²) >= 11 is 5.70. The summed E-state index contributed by atoms with van der Waals surface area (Å²) in [6, 6.07) is 5.61. The molecule has 90 valence electrons. The van der Waals surface area contributed by atoms with Crippen LogP contribution in [0.1, 0.15) is 11.3 Å². The number of halogens is 1. The second-order valence-electron chi connectivity index (χ2n) is 3.56. The molecule has 0 aromatic carbocycles. The minimum Gasteiger partial charge on any atom is -0.368 e. The van der Waals surface area contributed by atoms with Gasteiger partial charge in [0.25, 0.3) is 0 Å². The molecule has 0 atom stereocenters. The summed E-state index contributed by atoms with van der Waals surface area (Å²) in [6.45, 7) is 0.712. The minimum absolute atomic E-state index is 0.308. The second kappa shape index (κ2) is 5.94. The summed E-state index contributed by atoms with van der Waals surface area (Å²) in [5.41, 5.74) is 1.40. The molecule has 2 aromatic heterocycles. The smallest absolute Gasteiger partial charge is 0.158 e. The van der Waals surface area contributed by atoms with Crippen molar-refractivity contribution in [1.82, 2.24) is 15.0 Å². The summed E-state index contributed by atoms with van der Waals surface area (Å²) in [5, 5.41) is 12.2. The highest BCUT2D eigenvalue weighted by Gasteiger charge is 1.97. The van der Waals surface area contributed by atoms with Crippen molar-refractivity contribution in [3.8, 4) is 6.07 Å². The van der Waals surface area contributed by atoms with Gasteiger partial charge in [-0.1, -0.05) is 17.7 Å². The van der Waals surface area contributed by atoms with Crippen molar-refractivity contribution in [2.45, 2.75) is 6.42 Å². The molecule has 2 rings (SSSR count). The van der Waals surface area contributed by atoms with Crippen LogP contribution in [-0.4, -0.2) is 21.5 Å². The topological polar surface area (TPSA) is 74.5 Å². The first-order chi connectivity index (χ1) is 8.78. The summed E-state index contributed by atoms with van der Waals surface area (Å²) < 4.78 is 0. The molecule has 0 amide bonds. The molecule has 0 saturated carbocycles. The van der Waals surface area contributed by atoms with E-state index in [-0.39, 0.29) is 0 Å². The van der Waals surface area contributed by atoms with Gasteiger partial charge in [0.2, 0.25) is 0 Å². The van der Waals surface area contributed by atoms with E-state index in [2.05, 4.69) is 20.3 Å². The molecule has 6 heteroatoms. The first-order valence-electron chi connectivity index (χ1n) is 5.34. The summed E-state index contributed by atoms with van der Waals surface area (Å²) in [6.07, 6.45) is 5.53. The zero-order valence-electron chi connectivity index (χ0n) is 9.47. The predicted molar refractivity (Wildman–Crippen MR) is 68.2 cm³/mol. The quantitative estimate of drug-likeness (QED) is 0.851. The molecule has 0 aliphatic rings. The van der Waals surface area contributed by atoms with E-state index in [1.54, 1.807) is 18.5 Å². The van der Waals surface area contributed by atoms with Crippen LogP contribution >= 0.6 is 11.6 Å². The average molecular weight is 260 g/mol. The Morgan fingerprint density at radius 1 is 1.17 bits per heavy atom. The Hall–Kier alpha value is -2.19. The average Bonchev–Trinajstić information content (AvgIpc) is 2.42. The lowest BCUT2D eigenvalue weighted by atomic mass is 10.2. The van der Waals surface area contributed by atoms with Gasteiger partial charge in [-0.05, 0) is 18.1 Å². The van der Waals surface area contributed by atoms with E-state index < -0.39 is 0 Å². The van der Waals surface area contributed by atoms with E-state index in [1.807, 2.05) is 12.1 Å². The third-order valence-corrected chi connectivity index (χ3v) is 2.50. The highest BCUT2D eigenvalue weighted by Crippen LogP contribution is 2.06. The Labute approximate surface area is 109 Å². The molecule has 1 N–H and O–H groups in total. The van der Waals surface area contributed by atoms with Crippen LogP contribution in [0.2, 0.25) is 5.15 Å². The predicted octanol–water partition coefficient (Wildman–Crippen LogP) is 2.05. The summed E-state index contributed by atoms with van der Waals surface area (Å²) in [4.78, 5) is 12.0. The van der Waals surface area contributed by atoms with Gasteiger partial charge in [-0.3, -0.25) is 0 Å². The van der Waals surface area contributed by atoms with Crippen LogP contribution in [0.5, 0.6) is 0 Å². The van der Waals surface area contributed by atoms with Gasteiger partial charge >= 0.3 is 0 Å². The Balaban J connectivity index is 1.84. The number of nitrogens with zero attached hydrogens (tertiary/aromatic N) is 4. The first kappa shape index (κ1) is 12.3. The van der Waals surface area contributed by atoms with E-state index in [4.69, 9.17) is 16.9 Å². The van der Waals surface area contributed by atoms with Crippen LogP contribution in [0.25, 0.3) is 0 Å². The van der Waals surface area contributed by atoms with Crippen molar-refractivity contribution in [1.29, 1.82) is 5.26 Å². The van der Waals surface area contributed by atoms with Crippen LogP contribution in [0.4, 0.5) is 5.82 Å². The SMILES string of the molecule is N#Cc1cnc(NCCc2ccc(Cl)nc2)cn1. The van der Waals surface area contributed by atoms with E-state index >= 15 is 0 Å². The molecule has 0 spiro atoms. The summed E-state index contributed by atoms with van der Waals surface area (Å²) in [5.74, 6) is 0.649. The maximum absolute atomic E-state index is 8.58. The van der Waals surface area contributed by atoms with Gasteiger partial charge in [0.15, 0.2) is 5.69 Å². The number of aromatic nitrogens is 3. The number of hydrogen-bond donors (Lipinski definition) is 1. The molecule has 0 aliphatic heterocycles. The van der Waals surface area contributed by atoms with E-state index in [9.17, 15) is 0 Å². The summed E-state index contributed by atoms with van der Waals surface area (Å²) in [7, 11) is 0. The zero-order chi connectivity index (χ0) is 12.8. The van der Waals surface area contributed by atoms with Crippen LogP contribution < -0.4 is 5.32 Å². The number of rotatable bonds is 4. The molecule has 0 saturated heterocycles. The van der Waals surface area contributed by atoms with Crippen LogP contribution in [-0.2, 0) is 6.42 Å². The largest absolute Gasteiger partial charge is 0.368 e. The third kappa shape index (κ3) is 3.40. The lowest BCUT2D eigenvalue weighted by molar-refractivity contribution is 0.986. The third-order valence-electron chi connectivity index (χ3n) is 2.27. The van der Waals surface area contributed by atoms with Crippen molar-refractivity contribution in [2.75, 3.05) is 11.9 Å². The van der Waals surface area contributed by atoms with Gasteiger partial charge in [-0.15, -0.1) is 0 Å². The van der Waals surface area contributed by atoms with Gasteiger partial charge in [0.1, 0.15) is 17.0 Å². The Bertz CT molecular complexity index is 544. The van der Waals surface area contributed by atoms with Crippen molar-refractivity contribution >= 4 is 17.4 Å². The van der Waals surface area contributed by atoms with E-state index in [0.29, 0.717) is 23.2 Å². The number of anilines is 1. The molecule has 0 unspecified atom stereocenters. The molecule has 0 fully saturated rings. The standard InChI is InChI=1S/C12H10ClN5/c13-11-2-1-9(6-17-11)3-4-15-12-8-16-10(5-14)7-18-12/h1-2,6-8H,3-4H2,(H,15,18). The van der Waals surface area contributed by atoms with Crippen molar-refractivity contribution < 1.29 is 0 Å². The van der Waals surface area contributed by atoms with Crippen LogP contribution in [0.3, 0.4) is 0 Å². The monoisotopic (exact) mass is 259 g/mol. The molecule has 2 aromatic rings. The minimum atomic E-state index is 0.308. The van der Waals surface area contributed by atoms with Crippen LogP contribution in [0.15, 0.2) is 30.7 Å². The molecule has 5 nitrogen and oxygen atoms in total. The Morgan fingerprint density at radius 3 is 2.67 bits per heavy atom. The van der Waals surface area contributed by atoms with Crippen molar-refractivity contribution in [3.05, 3.63) is 47.1 Å². The van der Waals surface area contributed by atoms with Crippen molar-refractivity contribution in [3.63, 3.8) is 0 Å². The Kier molecular flexibility index (Phi) is 4.05. The molecule has 0 radical (unpaired) electrons. The fourth-order valence-corrected chi connectivity index (χ4v) is 1.48. The fourth-order valence-electron chi connectivity index (χ4n) is 1.37. The van der Waals surface area contributed by atoms with Crippen LogP contribution in [0, 0.1) is 11.3 Å². The lowest BCUT2D eigenvalue weighted by Crippen LogP contribution is -2.07. The number of hydrogen-bond acceptors (Lipinski definition) is 5. The number of nitriles is 1. The number of nitrogens with one attached hydrogen (secondary N) is 1. The van der Waals surface area contributed by atoms with Gasteiger partial charge in [-0.25, -0.2) is 15.0 Å². The molecular weight excluding hydrogens is 250 g/mol. The number of pyridine rings is 1. The maximum Gasteiger partial charge on any atom is 0.158 e. The first-order valence-corrected chi connectivity index (χ1v) is 5.72. The molecule has 18 heavy (non-hydrogen) atoms. The van der Waals surface area contributed by atoms with Gasteiger partial charge in [-0.2, -0.15) is 5.26 Å². The molecular formula is C12H10ClN5. The van der Waals surface area contributed by atoms with Gasteiger partial charge in [0, 0.05) is 12.7 Å². The molecule has 0 aliphatic carbocycles. The molecule has 0 bridgehead atoms. The lowest BCUT2D eigenvalue weighted by Gasteiger charge is -2.04. The van der Waals surface area contributed by atoms with Gasteiger partial charge < -0.3 is 5.32 Å². The normalized spacial score (nSPS) is 9.78. The molecule has 2 heterocycles. The fraction of sp³-hybridized carbons (Fsp3) is 0.167. The van der Waals surface area contributed by atoms with E-state index in [1.165, 1.54) is 6.20 Å². The van der Waals surface area contributed by atoms with E-state index in [0.717, 1.165) is 12.0 Å². The second-order valence-corrected chi connectivity index (χ2v) is 3.95. The van der Waals surface area contributed by atoms with Crippen molar-refractivity contribution in [2.24, 2.45) is 0 Å². The zero-order valence-corrected chi connectivity index (χ0v) is 10.2.